The summed E-state index contributed by atoms with van der Waals surface area (Å²) in [4.78, 5) is 23.9. The van der Waals surface area contributed by atoms with Crippen LogP contribution in [0.1, 0.15) is 12.8 Å². The van der Waals surface area contributed by atoms with E-state index in [1.165, 1.54) is 0 Å². The molecule has 1 aromatic heterocycles. The number of benzene rings is 2. The van der Waals surface area contributed by atoms with E-state index in [1.807, 2.05) is 6.07 Å². The second-order valence-corrected chi connectivity index (χ2v) is 5.65. The molecule has 2 aromatic carbocycles. The lowest BCUT2D eigenvalue weighted by Gasteiger charge is -2.07. The minimum atomic E-state index is -0.447. The van der Waals surface area contributed by atoms with Crippen LogP contribution < -0.4 is 15.1 Å². The summed E-state index contributed by atoms with van der Waals surface area (Å²) in [6.45, 7) is 0. The van der Waals surface area contributed by atoms with Gasteiger partial charge in [-0.25, -0.2) is 4.79 Å². The minimum Gasteiger partial charge on any atom is -0.497 e. The molecule has 116 valence electrons. The molecule has 1 saturated carbocycles. The van der Waals surface area contributed by atoms with Crippen molar-refractivity contribution < 1.29 is 18.7 Å². The van der Waals surface area contributed by atoms with Crippen molar-refractivity contribution in [2.45, 2.75) is 12.8 Å². The van der Waals surface area contributed by atoms with Crippen LogP contribution in [0, 0.1) is 5.92 Å². The molecule has 3 aromatic rings. The molecule has 0 amide bonds. The van der Waals surface area contributed by atoms with Crippen LogP contribution in [0.15, 0.2) is 45.6 Å². The Morgan fingerprint density at radius 1 is 1.04 bits per heavy atom. The van der Waals surface area contributed by atoms with Gasteiger partial charge in [0.25, 0.3) is 0 Å². The van der Waals surface area contributed by atoms with Crippen LogP contribution in [0.3, 0.4) is 0 Å². The molecule has 1 aliphatic carbocycles. The van der Waals surface area contributed by atoms with Gasteiger partial charge in [0.05, 0.1) is 18.4 Å². The molecule has 1 aliphatic rings. The Hall–Kier alpha value is -2.82. The van der Waals surface area contributed by atoms with Crippen LogP contribution in [0.2, 0.25) is 0 Å². The third-order valence-electron chi connectivity index (χ3n) is 4.02. The van der Waals surface area contributed by atoms with Gasteiger partial charge in [0.2, 0.25) is 0 Å². The van der Waals surface area contributed by atoms with Crippen molar-refractivity contribution in [2.24, 2.45) is 5.92 Å². The molecule has 0 atom stereocenters. The first-order chi connectivity index (χ1) is 11.2. The highest BCUT2D eigenvalue weighted by Crippen LogP contribution is 2.32. The van der Waals surface area contributed by atoms with E-state index in [1.54, 1.807) is 37.4 Å². The molecule has 0 radical (unpaired) electrons. The molecule has 0 unspecified atom stereocenters. The topological polar surface area (TPSA) is 65.7 Å². The predicted octanol–water partition coefficient (Wildman–Crippen LogP) is 3.27. The van der Waals surface area contributed by atoms with E-state index in [0.717, 1.165) is 23.6 Å². The number of hydrogen-bond acceptors (Lipinski definition) is 5. The average Bonchev–Trinajstić information content (AvgIpc) is 3.39. The van der Waals surface area contributed by atoms with Crippen LogP contribution in [0.4, 0.5) is 0 Å². The summed E-state index contributed by atoms with van der Waals surface area (Å²) in [7, 11) is 1.55. The maximum absolute atomic E-state index is 12.2. The lowest BCUT2D eigenvalue weighted by Crippen LogP contribution is -2.09. The van der Waals surface area contributed by atoms with Gasteiger partial charge in [-0.1, -0.05) is 0 Å². The van der Waals surface area contributed by atoms with E-state index >= 15 is 0 Å². The first-order valence-electron chi connectivity index (χ1n) is 7.42. The van der Waals surface area contributed by atoms with E-state index in [2.05, 4.69) is 0 Å². The minimum absolute atomic E-state index is 0.0155. The summed E-state index contributed by atoms with van der Waals surface area (Å²) in [5.74, 6) is 0.781. The number of hydrogen-bond donors (Lipinski definition) is 0. The van der Waals surface area contributed by atoms with Gasteiger partial charge in [-0.05, 0) is 43.2 Å². The lowest BCUT2D eigenvalue weighted by molar-refractivity contribution is -0.135. The molecule has 0 bridgehead atoms. The average molecular weight is 310 g/mol. The Kier molecular flexibility index (Phi) is 3.08. The van der Waals surface area contributed by atoms with Gasteiger partial charge in [-0.15, -0.1) is 0 Å². The molecule has 0 saturated heterocycles. The largest absolute Gasteiger partial charge is 0.497 e. The third kappa shape index (κ3) is 2.44. The van der Waals surface area contributed by atoms with Gasteiger partial charge in [-0.3, -0.25) is 4.79 Å². The number of rotatable bonds is 3. The monoisotopic (exact) mass is 310 g/mol. The Labute approximate surface area is 131 Å². The van der Waals surface area contributed by atoms with Gasteiger partial charge in [0, 0.05) is 16.8 Å². The molecule has 0 spiro atoms. The fourth-order valence-corrected chi connectivity index (χ4v) is 2.60. The molecule has 23 heavy (non-hydrogen) atoms. The second kappa shape index (κ2) is 5.12. The fourth-order valence-electron chi connectivity index (χ4n) is 2.60. The van der Waals surface area contributed by atoms with Crippen molar-refractivity contribution in [3.8, 4) is 11.5 Å². The molecule has 4 rings (SSSR count). The van der Waals surface area contributed by atoms with Gasteiger partial charge in [-0.2, -0.15) is 0 Å². The maximum atomic E-state index is 12.2. The molecule has 1 fully saturated rings. The van der Waals surface area contributed by atoms with Crippen molar-refractivity contribution in [1.29, 1.82) is 0 Å². The Morgan fingerprint density at radius 3 is 2.52 bits per heavy atom. The molecule has 5 nitrogen and oxygen atoms in total. The van der Waals surface area contributed by atoms with Crippen LogP contribution in [-0.2, 0) is 4.79 Å². The number of methoxy groups -OCH3 is 1. The number of carbonyl (C=O) groups is 1. The van der Waals surface area contributed by atoms with Crippen molar-refractivity contribution in [3.05, 3.63) is 46.8 Å². The Morgan fingerprint density at radius 2 is 1.78 bits per heavy atom. The molecule has 5 heteroatoms. The summed E-state index contributed by atoms with van der Waals surface area (Å²) < 4.78 is 15.8. The summed E-state index contributed by atoms with van der Waals surface area (Å²) in [6, 6.07) is 10.4. The van der Waals surface area contributed by atoms with E-state index in [0.29, 0.717) is 22.5 Å². The van der Waals surface area contributed by atoms with E-state index in [-0.39, 0.29) is 11.9 Å². The number of fused-ring (bicyclic) bond motifs is 3. The van der Waals surface area contributed by atoms with Gasteiger partial charge < -0.3 is 13.9 Å². The first kappa shape index (κ1) is 13.8. The highest BCUT2D eigenvalue weighted by Gasteiger charge is 2.31. The van der Waals surface area contributed by atoms with Crippen LogP contribution >= 0.6 is 0 Å². The molecule has 0 N–H and O–H groups in total. The van der Waals surface area contributed by atoms with Crippen LogP contribution in [-0.4, -0.2) is 13.1 Å². The zero-order valence-corrected chi connectivity index (χ0v) is 12.5. The number of ether oxygens (including phenoxy) is 2. The van der Waals surface area contributed by atoms with Gasteiger partial charge in [0.1, 0.15) is 17.1 Å². The lowest BCUT2D eigenvalue weighted by atomic mass is 10.1. The standard InChI is InChI=1S/C18H14O5/c1-21-11-4-6-13-14-7-5-12(22-17(19)10-2-3-10)9-16(14)23-18(20)15(13)8-11/h4-10H,2-3H2,1H3. The van der Waals surface area contributed by atoms with Crippen LogP contribution in [0.5, 0.6) is 11.5 Å². The number of esters is 1. The van der Waals surface area contributed by atoms with Gasteiger partial charge >= 0.3 is 11.6 Å². The second-order valence-electron chi connectivity index (χ2n) is 5.65. The smallest absolute Gasteiger partial charge is 0.344 e. The fraction of sp³-hybridized carbons (Fsp3) is 0.222. The van der Waals surface area contributed by atoms with Crippen molar-refractivity contribution in [3.63, 3.8) is 0 Å². The zero-order valence-electron chi connectivity index (χ0n) is 12.5. The third-order valence-corrected chi connectivity index (χ3v) is 4.02. The Bertz CT molecular complexity index is 982. The summed E-state index contributed by atoms with van der Waals surface area (Å²) in [6.07, 6.45) is 1.77. The summed E-state index contributed by atoms with van der Waals surface area (Å²) in [5.41, 5.74) is -0.0502. The van der Waals surface area contributed by atoms with Crippen LogP contribution in [0.25, 0.3) is 21.7 Å². The first-order valence-corrected chi connectivity index (χ1v) is 7.42. The predicted molar refractivity (Wildman–Crippen MR) is 84.9 cm³/mol. The quantitative estimate of drug-likeness (QED) is 0.321. The summed E-state index contributed by atoms with van der Waals surface area (Å²) in [5, 5.41) is 2.02. The normalized spacial score (nSPS) is 14.1. The Balaban J connectivity index is 1.84. The van der Waals surface area contributed by atoms with E-state index < -0.39 is 5.63 Å². The molecular formula is C18H14O5. The summed E-state index contributed by atoms with van der Waals surface area (Å²) >= 11 is 0. The van der Waals surface area contributed by atoms with Crippen molar-refractivity contribution in [1.82, 2.24) is 0 Å². The van der Waals surface area contributed by atoms with Crippen molar-refractivity contribution >= 4 is 27.7 Å². The molecule has 0 aliphatic heterocycles. The van der Waals surface area contributed by atoms with E-state index in [9.17, 15) is 9.59 Å². The zero-order chi connectivity index (χ0) is 16.0. The molecule has 1 heterocycles. The maximum Gasteiger partial charge on any atom is 0.344 e. The van der Waals surface area contributed by atoms with Gasteiger partial charge in [0.15, 0.2) is 0 Å². The molecular weight excluding hydrogens is 296 g/mol. The highest BCUT2D eigenvalue weighted by atomic mass is 16.5. The van der Waals surface area contributed by atoms with E-state index in [4.69, 9.17) is 13.9 Å². The highest BCUT2D eigenvalue weighted by molar-refractivity contribution is 6.05. The van der Waals surface area contributed by atoms with Crippen molar-refractivity contribution in [2.75, 3.05) is 7.11 Å². The SMILES string of the molecule is COc1ccc2c(c1)c(=O)oc1cc(OC(=O)C3CC3)ccc12. The number of carbonyl (C=O) groups excluding carboxylic acids is 1.